The number of imide groups is 1. The topological polar surface area (TPSA) is 55.4 Å². The lowest BCUT2D eigenvalue weighted by atomic mass is 10.1. The molecule has 0 fully saturated rings. The number of carbonyl (C=O) groups is 2. The van der Waals surface area contributed by atoms with E-state index in [1.54, 1.807) is 0 Å². The number of hydrogen-bond donors (Lipinski definition) is 1. The van der Waals surface area contributed by atoms with E-state index in [2.05, 4.69) is 11.9 Å². The molecule has 1 aromatic rings. The average Bonchev–Trinajstić information content (AvgIpc) is 2.36. The molecule has 0 atom stereocenters. The molecule has 4 nitrogen and oxygen atoms in total. The zero-order valence-electron chi connectivity index (χ0n) is 10.6. The Bertz CT molecular complexity index is 438. The van der Waals surface area contributed by atoms with Gasteiger partial charge in [-0.1, -0.05) is 50.8 Å². The summed E-state index contributed by atoms with van der Waals surface area (Å²) in [7, 11) is 0. The fourth-order valence-corrected chi connectivity index (χ4v) is 1.19. The molecule has 0 aromatic heterocycles. The van der Waals surface area contributed by atoms with Crippen LogP contribution in [0, 0.1) is 5.92 Å². The van der Waals surface area contributed by atoms with E-state index < -0.39 is 12.0 Å². The minimum atomic E-state index is -0.759. The quantitative estimate of drug-likeness (QED) is 0.832. The number of rotatable bonds is 4. The van der Waals surface area contributed by atoms with Crippen LogP contribution in [0.25, 0.3) is 0 Å². The van der Waals surface area contributed by atoms with Crippen molar-refractivity contribution in [2.24, 2.45) is 5.92 Å². The molecule has 0 radical (unpaired) electrons. The van der Waals surface area contributed by atoms with Crippen molar-refractivity contribution >= 4 is 12.0 Å². The van der Waals surface area contributed by atoms with E-state index in [0.29, 0.717) is 5.57 Å². The predicted octanol–water partition coefficient (Wildman–Crippen LogP) is 2.65. The Morgan fingerprint density at radius 3 is 2.44 bits per heavy atom. The van der Waals surface area contributed by atoms with Crippen molar-refractivity contribution in [2.45, 2.75) is 20.5 Å². The van der Waals surface area contributed by atoms with Crippen molar-refractivity contribution in [2.75, 3.05) is 0 Å². The fraction of sp³-hybridized carbons (Fsp3) is 0.286. The van der Waals surface area contributed by atoms with Crippen LogP contribution < -0.4 is 5.32 Å². The normalized spacial score (nSPS) is 9.94. The monoisotopic (exact) mass is 247 g/mol. The first kappa shape index (κ1) is 14.0. The van der Waals surface area contributed by atoms with Gasteiger partial charge in [-0.3, -0.25) is 10.1 Å². The van der Waals surface area contributed by atoms with Gasteiger partial charge in [-0.15, -0.1) is 0 Å². The molecule has 0 spiro atoms. The Labute approximate surface area is 107 Å². The highest BCUT2D eigenvalue weighted by Gasteiger charge is 2.14. The molecule has 0 aliphatic carbocycles. The van der Waals surface area contributed by atoms with Crippen molar-refractivity contribution in [3.05, 3.63) is 48.0 Å². The van der Waals surface area contributed by atoms with Gasteiger partial charge in [0.05, 0.1) is 0 Å². The summed E-state index contributed by atoms with van der Waals surface area (Å²) in [6.45, 7) is 7.40. The van der Waals surface area contributed by atoms with Gasteiger partial charge in [0.2, 0.25) is 0 Å². The number of amides is 2. The molecule has 4 heteroatoms. The van der Waals surface area contributed by atoms with Crippen LogP contribution in [0.4, 0.5) is 4.79 Å². The number of ether oxygens (including phenoxy) is 1. The molecule has 2 amide bonds. The maximum Gasteiger partial charge on any atom is 0.414 e. The van der Waals surface area contributed by atoms with Gasteiger partial charge in [-0.05, 0) is 11.5 Å². The molecule has 0 unspecified atom stereocenters. The summed E-state index contributed by atoms with van der Waals surface area (Å²) in [6.07, 6.45) is -0.759. The van der Waals surface area contributed by atoms with Crippen LogP contribution in [0.1, 0.15) is 19.4 Å². The minimum Gasteiger partial charge on any atom is -0.444 e. The first-order valence-corrected chi connectivity index (χ1v) is 5.71. The second kappa shape index (κ2) is 6.59. The van der Waals surface area contributed by atoms with Gasteiger partial charge in [0.15, 0.2) is 0 Å². The van der Waals surface area contributed by atoms with Gasteiger partial charge < -0.3 is 4.74 Å². The van der Waals surface area contributed by atoms with E-state index in [9.17, 15) is 9.59 Å². The molecule has 0 aliphatic heterocycles. The lowest BCUT2D eigenvalue weighted by Crippen LogP contribution is -2.33. The third kappa shape index (κ3) is 4.41. The van der Waals surface area contributed by atoms with E-state index in [1.807, 2.05) is 44.2 Å². The molecule has 0 heterocycles. The third-order valence-corrected chi connectivity index (χ3v) is 2.42. The third-order valence-electron chi connectivity index (χ3n) is 2.42. The summed E-state index contributed by atoms with van der Waals surface area (Å²) in [4.78, 5) is 22.9. The van der Waals surface area contributed by atoms with Crippen molar-refractivity contribution in [1.29, 1.82) is 0 Å². The zero-order chi connectivity index (χ0) is 13.5. The smallest absolute Gasteiger partial charge is 0.414 e. The number of nitrogens with one attached hydrogen (secondary N) is 1. The van der Waals surface area contributed by atoms with Gasteiger partial charge in [-0.25, -0.2) is 4.79 Å². The predicted molar refractivity (Wildman–Crippen MR) is 68.7 cm³/mol. The first-order valence-electron chi connectivity index (χ1n) is 5.71. The first-order chi connectivity index (χ1) is 8.50. The van der Waals surface area contributed by atoms with Crippen LogP contribution in [-0.4, -0.2) is 12.0 Å². The molecular weight excluding hydrogens is 230 g/mol. The van der Waals surface area contributed by atoms with Gasteiger partial charge in [0.1, 0.15) is 6.61 Å². The summed E-state index contributed by atoms with van der Waals surface area (Å²) in [5.41, 5.74) is 1.22. The van der Waals surface area contributed by atoms with Crippen LogP contribution in [0.15, 0.2) is 42.5 Å². The van der Waals surface area contributed by atoms with Crippen molar-refractivity contribution < 1.29 is 14.3 Å². The second-order valence-electron chi connectivity index (χ2n) is 4.20. The Kier molecular flexibility index (Phi) is 5.11. The SMILES string of the molecule is C=C(C(=O)NC(=O)OCc1ccccc1)C(C)C. The highest BCUT2D eigenvalue weighted by molar-refractivity contribution is 6.02. The minimum absolute atomic E-state index is 0.00748. The van der Waals surface area contributed by atoms with Crippen LogP contribution in [0.2, 0.25) is 0 Å². The van der Waals surface area contributed by atoms with Crippen LogP contribution in [0.5, 0.6) is 0 Å². The lowest BCUT2D eigenvalue weighted by molar-refractivity contribution is -0.117. The molecule has 18 heavy (non-hydrogen) atoms. The van der Waals surface area contributed by atoms with Gasteiger partial charge in [0.25, 0.3) is 5.91 Å². The van der Waals surface area contributed by atoms with Gasteiger partial charge in [0, 0.05) is 5.57 Å². The Morgan fingerprint density at radius 2 is 1.89 bits per heavy atom. The van der Waals surface area contributed by atoms with Crippen molar-refractivity contribution in [3.63, 3.8) is 0 Å². The van der Waals surface area contributed by atoms with Gasteiger partial charge >= 0.3 is 6.09 Å². The molecule has 0 saturated carbocycles. The molecule has 0 aliphatic rings. The highest BCUT2D eigenvalue weighted by atomic mass is 16.5. The lowest BCUT2D eigenvalue weighted by Gasteiger charge is -2.09. The summed E-state index contributed by atoms with van der Waals surface area (Å²) >= 11 is 0. The molecule has 0 bridgehead atoms. The Hall–Kier alpha value is -2.10. The average molecular weight is 247 g/mol. The van der Waals surface area contributed by atoms with E-state index in [1.165, 1.54) is 0 Å². The maximum atomic E-state index is 11.5. The van der Waals surface area contributed by atoms with Crippen LogP contribution in [0.3, 0.4) is 0 Å². The van der Waals surface area contributed by atoms with Gasteiger partial charge in [-0.2, -0.15) is 0 Å². The standard InChI is InChI=1S/C14H17NO3/c1-10(2)11(3)13(16)15-14(17)18-9-12-7-5-4-6-8-12/h4-8,10H,3,9H2,1-2H3,(H,15,16,17). The van der Waals surface area contributed by atoms with E-state index >= 15 is 0 Å². The highest BCUT2D eigenvalue weighted by Crippen LogP contribution is 2.06. The molecular formula is C14H17NO3. The van der Waals surface area contributed by atoms with Crippen LogP contribution in [-0.2, 0) is 16.1 Å². The summed E-state index contributed by atoms with van der Waals surface area (Å²) in [5, 5.41) is 2.13. The number of hydrogen-bond acceptors (Lipinski definition) is 3. The largest absolute Gasteiger partial charge is 0.444 e. The zero-order valence-corrected chi connectivity index (χ0v) is 10.6. The molecule has 1 aromatic carbocycles. The summed E-state index contributed by atoms with van der Waals surface area (Å²) in [5.74, 6) is -0.505. The van der Waals surface area contributed by atoms with Crippen molar-refractivity contribution in [1.82, 2.24) is 5.32 Å². The molecule has 96 valence electrons. The van der Waals surface area contributed by atoms with E-state index in [4.69, 9.17) is 4.74 Å². The summed E-state index contributed by atoms with van der Waals surface area (Å²) < 4.78 is 4.92. The number of benzene rings is 1. The molecule has 0 saturated heterocycles. The van der Waals surface area contributed by atoms with E-state index in [0.717, 1.165) is 5.56 Å². The van der Waals surface area contributed by atoms with Crippen molar-refractivity contribution in [3.8, 4) is 0 Å². The molecule has 1 N–H and O–H groups in total. The maximum absolute atomic E-state index is 11.5. The fourth-order valence-electron chi connectivity index (χ4n) is 1.19. The molecule has 1 rings (SSSR count). The second-order valence-corrected chi connectivity index (χ2v) is 4.20. The Balaban J connectivity index is 2.39. The van der Waals surface area contributed by atoms with E-state index in [-0.39, 0.29) is 12.5 Å². The number of carbonyl (C=O) groups excluding carboxylic acids is 2. The van der Waals surface area contributed by atoms with Crippen LogP contribution >= 0.6 is 0 Å². The summed E-state index contributed by atoms with van der Waals surface area (Å²) in [6, 6.07) is 9.24. The number of alkyl carbamates (subject to hydrolysis) is 1. The Morgan fingerprint density at radius 1 is 1.28 bits per heavy atom.